The van der Waals surface area contributed by atoms with Crippen LogP contribution in [0.3, 0.4) is 0 Å². The Morgan fingerprint density at radius 1 is 1.39 bits per heavy atom. The van der Waals surface area contributed by atoms with Crippen molar-refractivity contribution in [1.82, 2.24) is 10.6 Å². The van der Waals surface area contributed by atoms with Gasteiger partial charge in [-0.25, -0.2) is 0 Å². The Bertz CT molecular complexity index is 404. The van der Waals surface area contributed by atoms with E-state index in [0.717, 1.165) is 12.1 Å². The first kappa shape index (κ1) is 12.8. The van der Waals surface area contributed by atoms with Crippen molar-refractivity contribution < 1.29 is 9.53 Å². The van der Waals surface area contributed by atoms with Crippen LogP contribution in [0.4, 0.5) is 0 Å². The van der Waals surface area contributed by atoms with Crippen molar-refractivity contribution in [2.45, 2.75) is 12.6 Å². The SMILES string of the molecule is O=C(NCCOCc1ccccc1)[C@H]1C=CCN1. The average Bonchev–Trinajstić information content (AvgIpc) is 2.93. The Morgan fingerprint density at radius 2 is 2.22 bits per heavy atom. The Labute approximate surface area is 107 Å². The Kier molecular flexibility index (Phi) is 4.93. The summed E-state index contributed by atoms with van der Waals surface area (Å²) in [6, 6.07) is 9.81. The molecule has 4 heteroatoms. The molecule has 0 bridgehead atoms. The van der Waals surface area contributed by atoms with E-state index >= 15 is 0 Å². The van der Waals surface area contributed by atoms with Gasteiger partial charge < -0.3 is 10.1 Å². The summed E-state index contributed by atoms with van der Waals surface area (Å²) in [5.41, 5.74) is 1.14. The summed E-state index contributed by atoms with van der Waals surface area (Å²) in [5.74, 6) is 0.00654. The highest BCUT2D eigenvalue weighted by molar-refractivity contribution is 5.84. The fraction of sp³-hybridized carbons (Fsp3) is 0.357. The summed E-state index contributed by atoms with van der Waals surface area (Å²) < 4.78 is 5.48. The first-order chi connectivity index (χ1) is 8.86. The number of benzene rings is 1. The number of amides is 1. The smallest absolute Gasteiger partial charge is 0.241 e. The van der Waals surface area contributed by atoms with E-state index in [1.54, 1.807) is 0 Å². The fourth-order valence-corrected chi connectivity index (χ4v) is 1.77. The maximum absolute atomic E-state index is 11.6. The standard InChI is InChI=1S/C14H18N2O2/c17-14(13-7-4-8-15-13)16-9-10-18-11-12-5-2-1-3-6-12/h1-7,13,15H,8-11H2,(H,16,17)/t13-/m1/s1. The van der Waals surface area contributed by atoms with E-state index < -0.39 is 0 Å². The highest BCUT2D eigenvalue weighted by Gasteiger charge is 2.16. The molecule has 0 fully saturated rings. The number of hydrogen-bond acceptors (Lipinski definition) is 3. The first-order valence-corrected chi connectivity index (χ1v) is 6.16. The average molecular weight is 246 g/mol. The van der Waals surface area contributed by atoms with Gasteiger partial charge in [-0.2, -0.15) is 0 Å². The van der Waals surface area contributed by atoms with Gasteiger partial charge in [-0.05, 0) is 5.56 Å². The molecule has 96 valence electrons. The zero-order valence-electron chi connectivity index (χ0n) is 10.3. The number of carbonyl (C=O) groups excluding carboxylic acids is 1. The minimum atomic E-state index is -0.181. The normalized spacial score (nSPS) is 17.9. The third-order valence-electron chi connectivity index (χ3n) is 2.72. The third-order valence-corrected chi connectivity index (χ3v) is 2.72. The molecular weight excluding hydrogens is 228 g/mol. The molecule has 0 spiro atoms. The van der Waals surface area contributed by atoms with Gasteiger partial charge in [0.25, 0.3) is 0 Å². The Morgan fingerprint density at radius 3 is 2.94 bits per heavy atom. The van der Waals surface area contributed by atoms with Gasteiger partial charge in [-0.15, -0.1) is 0 Å². The number of nitrogens with one attached hydrogen (secondary N) is 2. The maximum atomic E-state index is 11.6. The molecule has 2 N–H and O–H groups in total. The predicted molar refractivity (Wildman–Crippen MR) is 70.0 cm³/mol. The second kappa shape index (κ2) is 6.93. The van der Waals surface area contributed by atoms with Crippen molar-refractivity contribution >= 4 is 5.91 Å². The highest BCUT2D eigenvalue weighted by atomic mass is 16.5. The summed E-state index contributed by atoms with van der Waals surface area (Å²) in [7, 11) is 0. The van der Waals surface area contributed by atoms with Gasteiger partial charge in [0.1, 0.15) is 6.04 Å². The summed E-state index contributed by atoms with van der Waals surface area (Å²) in [4.78, 5) is 11.6. The minimum Gasteiger partial charge on any atom is -0.375 e. The zero-order chi connectivity index (χ0) is 12.6. The zero-order valence-corrected chi connectivity index (χ0v) is 10.3. The van der Waals surface area contributed by atoms with Gasteiger partial charge in [-0.1, -0.05) is 42.5 Å². The van der Waals surface area contributed by atoms with Crippen LogP contribution >= 0.6 is 0 Å². The van der Waals surface area contributed by atoms with Crippen LogP contribution in [-0.4, -0.2) is 31.6 Å². The first-order valence-electron chi connectivity index (χ1n) is 6.16. The number of rotatable bonds is 6. The molecule has 1 aliphatic heterocycles. The monoisotopic (exact) mass is 246 g/mol. The van der Waals surface area contributed by atoms with Crippen molar-refractivity contribution in [2.75, 3.05) is 19.7 Å². The Balaban J connectivity index is 1.56. The number of ether oxygens (including phenoxy) is 1. The summed E-state index contributed by atoms with van der Waals surface area (Å²) in [5, 5.41) is 5.89. The van der Waals surface area contributed by atoms with Crippen LogP contribution in [0.5, 0.6) is 0 Å². The molecule has 1 aliphatic rings. The summed E-state index contributed by atoms with van der Waals surface area (Å²) in [6.07, 6.45) is 3.83. The van der Waals surface area contributed by atoms with Gasteiger partial charge in [0.15, 0.2) is 0 Å². The lowest BCUT2D eigenvalue weighted by Crippen LogP contribution is -2.41. The molecule has 18 heavy (non-hydrogen) atoms. The molecule has 0 unspecified atom stereocenters. The molecule has 4 nitrogen and oxygen atoms in total. The van der Waals surface area contributed by atoms with Crippen LogP contribution < -0.4 is 10.6 Å². The van der Waals surface area contributed by atoms with Gasteiger partial charge in [-0.3, -0.25) is 10.1 Å². The summed E-state index contributed by atoms with van der Waals surface area (Å²) in [6.45, 7) is 2.41. The van der Waals surface area contributed by atoms with Gasteiger partial charge >= 0.3 is 0 Å². The van der Waals surface area contributed by atoms with Crippen LogP contribution in [0, 0.1) is 0 Å². The molecular formula is C14H18N2O2. The number of carbonyl (C=O) groups is 1. The fourth-order valence-electron chi connectivity index (χ4n) is 1.77. The van der Waals surface area contributed by atoms with E-state index in [0.29, 0.717) is 19.8 Å². The van der Waals surface area contributed by atoms with Gasteiger partial charge in [0.05, 0.1) is 13.2 Å². The van der Waals surface area contributed by atoms with Crippen LogP contribution in [-0.2, 0) is 16.1 Å². The summed E-state index contributed by atoms with van der Waals surface area (Å²) >= 11 is 0. The molecule has 1 aromatic rings. The largest absolute Gasteiger partial charge is 0.375 e. The van der Waals surface area contributed by atoms with E-state index in [2.05, 4.69) is 10.6 Å². The quantitative estimate of drug-likeness (QED) is 0.578. The van der Waals surface area contributed by atoms with Crippen LogP contribution in [0.2, 0.25) is 0 Å². The lowest BCUT2D eigenvalue weighted by Gasteiger charge is -2.10. The lowest BCUT2D eigenvalue weighted by atomic mass is 10.2. The third kappa shape index (κ3) is 3.98. The second-order valence-corrected chi connectivity index (χ2v) is 4.14. The molecule has 1 heterocycles. The van der Waals surface area contributed by atoms with Crippen LogP contribution in [0.15, 0.2) is 42.5 Å². The van der Waals surface area contributed by atoms with E-state index in [9.17, 15) is 4.79 Å². The molecule has 2 rings (SSSR count). The van der Waals surface area contributed by atoms with Gasteiger partial charge in [0.2, 0.25) is 5.91 Å². The van der Waals surface area contributed by atoms with Crippen molar-refractivity contribution in [1.29, 1.82) is 0 Å². The molecule has 0 saturated carbocycles. The molecule has 1 aromatic carbocycles. The minimum absolute atomic E-state index is 0.00654. The molecule has 0 aliphatic carbocycles. The van der Waals surface area contributed by atoms with Crippen LogP contribution in [0.25, 0.3) is 0 Å². The van der Waals surface area contributed by atoms with Crippen molar-refractivity contribution in [2.24, 2.45) is 0 Å². The highest BCUT2D eigenvalue weighted by Crippen LogP contribution is 1.99. The van der Waals surface area contributed by atoms with Crippen molar-refractivity contribution in [3.63, 3.8) is 0 Å². The van der Waals surface area contributed by atoms with E-state index in [4.69, 9.17) is 4.74 Å². The van der Waals surface area contributed by atoms with Crippen LogP contribution in [0.1, 0.15) is 5.56 Å². The topological polar surface area (TPSA) is 50.4 Å². The Hall–Kier alpha value is -1.65. The number of hydrogen-bond donors (Lipinski definition) is 2. The molecule has 0 aromatic heterocycles. The van der Waals surface area contributed by atoms with E-state index in [1.807, 2.05) is 42.5 Å². The maximum Gasteiger partial charge on any atom is 0.241 e. The lowest BCUT2D eigenvalue weighted by molar-refractivity contribution is -0.122. The second-order valence-electron chi connectivity index (χ2n) is 4.14. The van der Waals surface area contributed by atoms with Crippen molar-refractivity contribution in [3.05, 3.63) is 48.0 Å². The molecule has 1 amide bonds. The predicted octanol–water partition coefficient (Wildman–Crippen LogP) is 0.847. The molecule has 1 atom stereocenters. The van der Waals surface area contributed by atoms with Crippen molar-refractivity contribution in [3.8, 4) is 0 Å². The molecule has 0 radical (unpaired) electrons. The molecule has 0 saturated heterocycles. The van der Waals surface area contributed by atoms with Gasteiger partial charge in [0, 0.05) is 13.1 Å². The van der Waals surface area contributed by atoms with E-state index in [1.165, 1.54) is 0 Å². The van der Waals surface area contributed by atoms with E-state index in [-0.39, 0.29) is 11.9 Å².